The Balaban J connectivity index is 1.49. The Morgan fingerprint density at radius 3 is 3.16 bits per heavy atom. The molecule has 0 aromatic carbocycles. The Bertz CT molecular complexity index is 748. The zero-order valence-corrected chi connectivity index (χ0v) is 15.1. The van der Waals surface area contributed by atoms with Crippen LogP contribution in [-0.2, 0) is 4.74 Å². The average Bonchev–Trinajstić information content (AvgIpc) is 3.26. The summed E-state index contributed by atoms with van der Waals surface area (Å²) in [6, 6.07) is 7.71. The number of aromatic nitrogens is 1. The summed E-state index contributed by atoms with van der Waals surface area (Å²) in [5, 5.41) is 0. The Kier molecular flexibility index (Phi) is 4.48. The molecule has 2 atom stereocenters. The molecule has 2 saturated heterocycles. The second kappa shape index (κ2) is 6.77. The van der Waals surface area contributed by atoms with Gasteiger partial charge in [-0.2, -0.15) is 0 Å². The lowest BCUT2D eigenvalue weighted by molar-refractivity contribution is -0.0324. The minimum Gasteiger partial charge on any atom is -0.491 e. The van der Waals surface area contributed by atoms with Crippen molar-refractivity contribution < 1.29 is 14.3 Å². The van der Waals surface area contributed by atoms with Crippen molar-refractivity contribution >= 4 is 17.2 Å². The molecule has 0 spiro atoms. The fourth-order valence-corrected chi connectivity index (χ4v) is 4.63. The van der Waals surface area contributed by atoms with Gasteiger partial charge < -0.3 is 14.4 Å². The Hall–Kier alpha value is -1.92. The van der Waals surface area contributed by atoms with Gasteiger partial charge in [0.2, 0.25) is 0 Å². The van der Waals surface area contributed by atoms with E-state index in [0.717, 1.165) is 41.5 Å². The number of aryl methyl sites for hydroxylation is 1. The third-order valence-corrected chi connectivity index (χ3v) is 6.16. The van der Waals surface area contributed by atoms with E-state index in [1.165, 1.54) is 0 Å². The largest absolute Gasteiger partial charge is 0.491 e. The van der Waals surface area contributed by atoms with Crippen molar-refractivity contribution in [1.29, 1.82) is 0 Å². The summed E-state index contributed by atoms with van der Waals surface area (Å²) in [4.78, 5) is 20.9. The molecule has 4 rings (SSSR count). The van der Waals surface area contributed by atoms with Crippen molar-refractivity contribution in [3.8, 4) is 5.75 Å². The number of amides is 1. The number of likely N-dealkylation sites (tertiary alicyclic amines) is 1. The maximum absolute atomic E-state index is 12.9. The fraction of sp³-hybridized carbons (Fsp3) is 0.474. The first kappa shape index (κ1) is 16.5. The highest BCUT2D eigenvalue weighted by Crippen LogP contribution is 2.41. The van der Waals surface area contributed by atoms with Crippen molar-refractivity contribution in [2.75, 3.05) is 26.3 Å². The first-order valence-corrected chi connectivity index (χ1v) is 9.48. The highest BCUT2D eigenvalue weighted by Gasteiger charge is 2.49. The number of fused-ring (bicyclic) bond motifs is 1. The average molecular weight is 358 g/mol. The van der Waals surface area contributed by atoms with Crippen LogP contribution in [0.5, 0.6) is 5.75 Å². The predicted octanol–water partition coefficient (Wildman–Crippen LogP) is 3.15. The molecule has 2 aliphatic heterocycles. The first-order chi connectivity index (χ1) is 12.2. The molecule has 25 heavy (non-hydrogen) atoms. The number of rotatable bonds is 4. The molecule has 2 aromatic rings. The smallest absolute Gasteiger partial charge is 0.263 e. The van der Waals surface area contributed by atoms with Crippen LogP contribution in [-0.4, -0.2) is 48.2 Å². The van der Waals surface area contributed by atoms with E-state index < -0.39 is 0 Å². The third kappa shape index (κ3) is 3.28. The molecule has 0 bridgehead atoms. The van der Waals surface area contributed by atoms with Crippen molar-refractivity contribution in [2.24, 2.45) is 5.41 Å². The van der Waals surface area contributed by atoms with Crippen molar-refractivity contribution in [2.45, 2.75) is 25.9 Å². The van der Waals surface area contributed by atoms with Crippen LogP contribution in [0.25, 0.3) is 0 Å². The number of nitrogens with zero attached hydrogens (tertiary/aromatic N) is 2. The summed E-state index contributed by atoms with van der Waals surface area (Å²) in [6.07, 6.45) is 5.41. The van der Waals surface area contributed by atoms with E-state index in [9.17, 15) is 4.79 Å². The molecule has 2 fully saturated rings. The van der Waals surface area contributed by atoms with E-state index in [2.05, 4.69) is 4.98 Å². The van der Waals surface area contributed by atoms with E-state index in [-0.39, 0.29) is 17.4 Å². The number of carbonyl (C=O) groups excluding carboxylic acids is 1. The number of piperidine rings is 1. The molecule has 0 saturated carbocycles. The number of carbonyl (C=O) groups is 1. The van der Waals surface area contributed by atoms with Crippen molar-refractivity contribution in [3.63, 3.8) is 0 Å². The van der Waals surface area contributed by atoms with Crippen LogP contribution in [0, 0.1) is 12.3 Å². The van der Waals surface area contributed by atoms with Crippen LogP contribution < -0.4 is 4.74 Å². The SMILES string of the molecule is Cc1ccc(C(=O)N2CC[C@@H]3OCC[C@]3(COc3cccnc3)C2)s1. The predicted molar refractivity (Wildman–Crippen MR) is 96.1 cm³/mol. The Labute approximate surface area is 151 Å². The second-order valence-corrected chi connectivity index (χ2v) is 8.16. The topological polar surface area (TPSA) is 51.7 Å². The number of thiophene rings is 1. The van der Waals surface area contributed by atoms with Crippen LogP contribution >= 0.6 is 11.3 Å². The van der Waals surface area contributed by atoms with Gasteiger partial charge in [-0.05, 0) is 44.0 Å². The Morgan fingerprint density at radius 1 is 1.48 bits per heavy atom. The molecule has 0 aliphatic carbocycles. The molecular formula is C19H22N2O3S. The van der Waals surface area contributed by atoms with E-state index in [1.54, 1.807) is 23.7 Å². The van der Waals surface area contributed by atoms with Gasteiger partial charge in [-0.25, -0.2) is 0 Å². The zero-order chi connectivity index (χ0) is 17.3. The maximum atomic E-state index is 12.9. The van der Waals surface area contributed by atoms with Crippen LogP contribution in [0.15, 0.2) is 36.7 Å². The van der Waals surface area contributed by atoms with E-state index in [4.69, 9.17) is 9.47 Å². The standard InChI is InChI=1S/C19H22N2O3S/c1-14-4-5-16(25-14)18(22)21-9-6-17-19(12-21,7-10-23-17)13-24-15-3-2-8-20-11-15/h2-5,8,11,17H,6-7,9-10,12-13H2,1H3/t17-,19+/m0/s1. The summed E-state index contributed by atoms with van der Waals surface area (Å²) in [5.74, 6) is 0.893. The van der Waals surface area contributed by atoms with Gasteiger partial charge in [0.25, 0.3) is 5.91 Å². The molecular weight excluding hydrogens is 336 g/mol. The highest BCUT2D eigenvalue weighted by molar-refractivity contribution is 7.13. The van der Waals surface area contributed by atoms with Gasteiger partial charge in [0, 0.05) is 30.8 Å². The lowest BCUT2D eigenvalue weighted by Crippen LogP contribution is -2.54. The van der Waals surface area contributed by atoms with Crippen LogP contribution in [0.3, 0.4) is 0 Å². The molecule has 2 aliphatic rings. The number of hydrogen-bond donors (Lipinski definition) is 0. The van der Waals surface area contributed by atoms with Gasteiger partial charge >= 0.3 is 0 Å². The summed E-state index contributed by atoms with van der Waals surface area (Å²) >= 11 is 1.56. The molecule has 5 nitrogen and oxygen atoms in total. The summed E-state index contributed by atoms with van der Waals surface area (Å²) < 4.78 is 12.0. The highest BCUT2D eigenvalue weighted by atomic mass is 32.1. The quantitative estimate of drug-likeness (QED) is 0.842. The third-order valence-electron chi connectivity index (χ3n) is 5.17. The maximum Gasteiger partial charge on any atom is 0.263 e. The van der Waals surface area contributed by atoms with Gasteiger partial charge in [-0.3, -0.25) is 9.78 Å². The normalized spacial score (nSPS) is 25.6. The second-order valence-electron chi connectivity index (χ2n) is 6.87. The summed E-state index contributed by atoms with van der Waals surface area (Å²) in [6.45, 7) is 4.75. The molecule has 0 unspecified atom stereocenters. The lowest BCUT2D eigenvalue weighted by atomic mass is 9.77. The Morgan fingerprint density at radius 2 is 2.40 bits per heavy atom. The zero-order valence-electron chi connectivity index (χ0n) is 14.3. The molecule has 6 heteroatoms. The number of ether oxygens (including phenoxy) is 2. The van der Waals surface area contributed by atoms with Crippen molar-refractivity contribution in [1.82, 2.24) is 9.88 Å². The molecule has 4 heterocycles. The van der Waals surface area contributed by atoms with Gasteiger partial charge in [0.15, 0.2) is 0 Å². The van der Waals surface area contributed by atoms with Gasteiger partial charge in [-0.1, -0.05) is 0 Å². The molecule has 0 N–H and O–H groups in total. The van der Waals surface area contributed by atoms with Crippen LogP contribution in [0.2, 0.25) is 0 Å². The van der Waals surface area contributed by atoms with E-state index in [0.29, 0.717) is 13.2 Å². The molecule has 2 aromatic heterocycles. The molecule has 1 amide bonds. The summed E-state index contributed by atoms with van der Waals surface area (Å²) in [7, 11) is 0. The van der Waals surface area contributed by atoms with Gasteiger partial charge in [-0.15, -0.1) is 11.3 Å². The number of hydrogen-bond acceptors (Lipinski definition) is 5. The molecule has 0 radical (unpaired) electrons. The molecule has 132 valence electrons. The summed E-state index contributed by atoms with van der Waals surface area (Å²) in [5.41, 5.74) is -0.129. The van der Waals surface area contributed by atoms with E-state index in [1.807, 2.05) is 36.1 Å². The van der Waals surface area contributed by atoms with Crippen molar-refractivity contribution in [3.05, 3.63) is 46.4 Å². The minimum absolute atomic E-state index is 0.129. The minimum atomic E-state index is -0.129. The van der Waals surface area contributed by atoms with Gasteiger partial charge in [0.05, 0.1) is 29.2 Å². The first-order valence-electron chi connectivity index (χ1n) is 8.66. The number of pyridine rings is 1. The lowest BCUT2D eigenvalue weighted by Gasteiger charge is -2.43. The van der Waals surface area contributed by atoms with Crippen LogP contribution in [0.1, 0.15) is 27.4 Å². The van der Waals surface area contributed by atoms with Crippen LogP contribution in [0.4, 0.5) is 0 Å². The van der Waals surface area contributed by atoms with E-state index >= 15 is 0 Å². The fourth-order valence-electron chi connectivity index (χ4n) is 3.79. The monoisotopic (exact) mass is 358 g/mol. The van der Waals surface area contributed by atoms with Gasteiger partial charge in [0.1, 0.15) is 5.75 Å².